The predicted octanol–water partition coefficient (Wildman–Crippen LogP) is 2.87. The molecule has 0 saturated carbocycles. The van der Waals surface area contributed by atoms with Crippen molar-refractivity contribution >= 4 is 0 Å². The number of hydrogen-bond acceptors (Lipinski definition) is 3. The second kappa shape index (κ2) is 8.98. The van der Waals surface area contributed by atoms with E-state index in [2.05, 4.69) is 17.0 Å². The van der Waals surface area contributed by atoms with E-state index in [-0.39, 0.29) is 6.61 Å². The van der Waals surface area contributed by atoms with Crippen molar-refractivity contribution in [2.45, 2.75) is 38.5 Å². The molecule has 0 radical (unpaired) electrons. The number of aliphatic hydroxyl groups excluding tert-OH is 1. The lowest BCUT2D eigenvalue weighted by atomic mass is 10.1. The number of nitrogens with zero attached hydrogens (tertiary/aromatic N) is 1. The van der Waals surface area contributed by atoms with Crippen LogP contribution in [0.2, 0.25) is 0 Å². The molecule has 112 valence electrons. The van der Waals surface area contributed by atoms with Gasteiger partial charge >= 0.3 is 0 Å². The number of aliphatic hydroxyl groups is 1. The summed E-state index contributed by atoms with van der Waals surface area (Å²) in [6.07, 6.45) is 6.98. The Morgan fingerprint density at radius 2 is 1.75 bits per heavy atom. The zero-order valence-electron chi connectivity index (χ0n) is 12.4. The predicted molar refractivity (Wildman–Crippen MR) is 82.3 cm³/mol. The number of likely N-dealkylation sites (tertiary alicyclic amines) is 1. The van der Waals surface area contributed by atoms with E-state index in [1.165, 1.54) is 37.9 Å². The molecule has 1 aliphatic rings. The molecule has 1 aliphatic heterocycles. The molecule has 0 atom stereocenters. The second-order valence-corrected chi connectivity index (χ2v) is 5.58. The Kier molecular flexibility index (Phi) is 6.89. The number of aryl methyl sites for hydroxylation is 1. The third-order valence-corrected chi connectivity index (χ3v) is 3.88. The zero-order chi connectivity index (χ0) is 14.0. The molecule has 3 heteroatoms. The maximum atomic E-state index is 8.80. The van der Waals surface area contributed by atoms with Gasteiger partial charge in [0.25, 0.3) is 0 Å². The Morgan fingerprint density at radius 1 is 1.00 bits per heavy atom. The van der Waals surface area contributed by atoms with Crippen molar-refractivity contribution in [1.29, 1.82) is 0 Å². The summed E-state index contributed by atoms with van der Waals surface area (Å²) in [5, 5.41) is 8.80. The van der Waals surface area contributed by atoms with Crippen LogP contribution < -0.4 is 4.74 Å². The highest BCUT2D eigenvalue weighted by molar-refractivity contribution is 5.27. The van der Waals surface area contributed by atoms with Crippen LogP contribution in [0.3, 0.4) is 0 Å². The monoisotopic (exact) mass is 277 g/mol. The molecular formula is C17H27NO2. The van der Waals surface area contributed by atoms with Crippen molar-refractivity contribution in [3.8, 4) is 5.75 Å². The van der Waals surface area contributed by atoms with Gasteiger partial charge in [-0.05, 0) is 62.9 Å². The van der Waals surface area contributed by atoms with E-state index in [0.717, 1.165) is 38.2 Å². The van der Waals surface area contributed by atoms with Gasteiger partial charge in [0.15, 0.2) is 0 Å². The molecule has 3 nitrogen and oxygen atoms in total. The van der Waals surface area contributed by atoms with Gasteiger partial charge in [-0.15, -0.1) is 0 Å². The zero-order valence-corrected chi connectivity index (χ0v) is 12.4. The van der Waals surface area contributed by atoms with E-state index < -0.39 is 0 Å². The first kappa shape index (κ1) is 15.3. The van der Waals surface area contributed by atoms with E-state index in [4.69, 9.17) is 9.84 Å². The van der Waals surface area contributed by atoms with E-state index in [9.17, 15) is 0 Å². The van der Waals surface area contributed by atoms with Crippen molar-refractivity contribution in [2.24, 2.45) is 0 Å². The second-order valence-electron chi connectivity index (χ2n) is 5.58. The fourth-order valence-electron chi connectivity index (χ4n) is 2.70. The standard InChI is InChI=1S/C17H27NO2/c19-14-4-6-16-7-9-17(10-8-16)20-15-5-13-18-11-2-1-3-12-18/h7-10,19H,1-6,11-15H2. The molecular weight excluding hydrogens is 250 g/mol. The maximum absolute atomic E-state index is 8.80. The van der Waals surface area contributed by atoms with Crippen LogP contribution in [0.1, 0.15) is 37.7 Å². The molecule has 1 saturated heterocycles. The largest absolute Gasteiger partial charge is 0.494 e. The van der Waals surface area contributed by atoms with Gasteiger partial charge < -0.3 is 14.7 Å². The summed E-state index contributed by atoms with van der Waals surface area (Å²) >= 11 is 0. The average Bonchev–Trinajstić information content (AvgIpc) is 2.52. The summed E-state index contributed by atoms with van der Waals surface area (Å²) in [5.74, 6) is 0.955. The topological polar surface area (TPSA) is 32.7 Å². The van der Waals surface area contributed by atoms with Gasteiger partial charge in [-0.3, -0.25) is 0 Å². The highest BCUT2D eigenvalue weighted by atomic mass is 16.5. The lowest BCUT2D eigenvalue weighted by molar-refractivity contribution is 0.205. The number of hydrogen-bond donors (Lipinski definition) is 1. The number of ether oxygens (including phenoxy) is 1. The van der Waals surface area contributed by atoms with Crippen molar-refractivity contribution in [3.05, 3.63) is 29.8 Å². The van der Waals surface area contributed by atoms with E-state index in [0.29, 0.717) is 0 Å². The van der Waals surface area contributed by atoms with E-state index >= 15 is 0 Å². The SMILES string of the molecule is OCCCc1ccc(OCCCN2CCCCC2)cc1. The molecule has 1 heterocycles. The van der Waals surface area contributed by atoms with Crippen molar-refractivity contribution < 1.29 is 9.84 Å². The first-order valence-corrected chi connectivity index (χ1v) is 7.93. The quantitative estimate of drug-likeness (QED) is 0.742. The lowest BCUT2D eigenvalue weighted by Crippen LogP contribution is -2.31. The highest BCUT2D eigenvalue weighted by Gasteiger charge is 2.08. The summed E-state index contributed by atoms with van der Waals surface area (Å²) in [6.45, 7) is 4.74. The van der Waals surface area contributed by atoms with E-state index in [1.54, 1.807) is 0 Å². The number of benzene rings is 1. The maximum Gasteiger partial charge on any atom is 0.119 e. The first-order valence-electron chi connectivity index (χ1n) is 7.93. The Bertz CT molecular complexity index is 358. The molecule has 0 aromatic heterocycles. The van der Waals surface area contributed by atoms with Crippen LogP contribution in [0.5, 0.6) is 5.75 Å². The van der Waals surface area contributed by atoms with Gasteiger partial charge in [-0.25, -0.2) is 0 Å². The lowest BCUT2D eigenvalue weighted by Gasteiger charge is -2.26. The van der Waals surface area contributed by atoms with Crippen LogP contribution in [0.15, 0.2) is 24.3 Å². The smallest absolute Gasteiger partial charge is 0.119 e. The van der Waals surface area contributed by atoms with Gasteiger partial charge in [-0.1, -0.05) is 18.6 Å². The summed E-state index contributed by atoms with van der Waals surface area (Å²) in [6, 6.07) is 8.26. The molecule has 1 fully saturated rings. The van der Waals surface area contributed by atoms with Crippen LogP contribution in [-0.2, 0) is 6.42 Å². The minimum atomic E-state index is 0.259. The van der Waals surface area contributed by atoms with Gasteiger partial charge in [0, 0.05) is 13.2 Å². The third-order valence-electron chi connectivity index (χ3n) is 3.88. The highest BCUT2D eigenvalue weighted by Crippen LogP contribution is 2.14. The fraction of sp³-hybridized carbons (Fsp3) is 0.647. The molecule has 1 aromatic rings. The van der Waals surface area contributed by atoms with Crippen molar-refractivity contribution in [3.63, 3.8) is 0 Å². The van der Waals surface area contributed by atoms with Gasteiger partial charge in [0.2, 0.25) is 0 Å². The minimum Gasteiger partial charge on any atom is -0.494 e. The van der Waals surface area contributed by atoms with Crippen LogP contribution in [-0.4, -0.2) is 42.9 Å². The normalized spacial score (nSPS) is 16.2. The third kappa shape index (κ3) is 5.51. The van der Waals surface area contributed by atoms with Crippen molar-refractivity contribution in [2.75, 3.05) is 32.8 Å². The molecule has 0 aliphatic carbocycles. The van der Waals surface area contributed by atoms with Crippen LogP contribution in [0, 0.1) is 0 Å². The molecule has 1 N–H and O–H groups in total. The molecule has 0 spiro atoms. The minimum absolute atomic E-state index is 0.259. The molecule has 0 unspecified atom stereocenters. The fourth-order valence-corrected chi connectivity index (χ4v) is 2.70. The van der Waals surface area contributed by atoms with Gasteiger partial charge in [0.05, 0.1) is 6.61 Å². The summed E-state index contributed by atoms with van der Waals surface area (Å²) < 4.78 is 5.78. The first-order chi connectivity index (χ1) is 9.88. The summed E-state index contributed by atoms with van der Waals surface area (Å²) in [4.78, 5) is 2.55. The Balaban J connectivity index is 1.61. The van der Waals surface area contributed by atoms with Crippen LogP contribution >= 0.6 is 0 Å². The van der Waals surface area contributed by atoms with Gasteiger partial charge in [-0.2, -0.15) is 0 Å². The van der Waals surface area contributed by atoms with Gasteiger partial charge in [0.1, 0.15) is 5.75 Å². The Hall–Kier alpha value is -1.06. The summed E-state index contributed by atoms with van der Waals surface area (Å²) in [5.41, 5.74) is 1.26. The van der Waals surface area contributed by atoms with E-state index in [1.807, 2.05) is 12.1 Å². The van der Waals surface area contributed by atoms with Crippen molar-refractivity contribution in [1.82, 2.24) is 4.90 Å². The van der Waals surface area contributed by atoms with Crippen LogP contribution in [0.4, 0.5) is 0 Å². The average molecular weight is 277 g/mol. The molecule has 20 heavy (non-hydrogen) atoms. The molecule has 0 amide bonds. The molecule has 2 rings (SSSR count). The Labute approximate surface area is 122 Å². The molecule has 1 aromatic carbocycles. The number of piperidine rings is 1. The molecule has 0 bridgehead atoms. The van der Waals surface area contributed by atoms with Crippen LogP contribution in [0.25, 0.3) is 0 Å². The Morgan fingerprint density at radius 3 is 2.45 bits per heavy atom. The summed E-state index contributed by atoms with van der Waals surface area (Å²) in [7, 11) is 0. The number of rotatable bonds is 8.